The molecule has 2 aromatic rings. The number of carbonyl (C=O) groups is 1. The van der Waals surface area contributed by atoms with Gasteiger partial charge in [0.15, 0.2) is 0 Å². The second-order valence-corrected chi connectivity index (χ2v) is 6.67. The minimum absolute atomic E-state index is 0.0604. The van der Waals surface area contributed by atoms with Gasteiger partial charge >= 0.3 is 0 Å². The van der Waals surface area contributed by atoms with Crippen molar-refractivity contribution in [2.24, 2.45) is 0 Å². The molecule has 1 heterocycles. The lowest BCUT2D eigenvalue weighted by Crippen LogP contribution is -2.27. The van der Waals surface area contributed by atoms with Crippen molar-refractivity contribution in [3.8, 4) is 5.75 Å². The van der Waals surface area contributed by atoms with E-state index < -0.39 is 0 Å². The van der Waals surface area contributed by atoms with Crippen molar-refractivity contribution >= 4 is 40.3 Å². The van der Waals surface area contributed by atoms with E-state index in [9.17, 15) is 4.79 Å². The van der Waals surface area contributed by atoms with Gasteiger partial charge in [0.05, 0.1) is 18.6 Å². The maximum atomic E-state index is 12.6. The number of hydrogen-bond acceptors (Lipinski definition) is 4. The molecule has 3 nitrogen and oxygen atoms in total. The van der Waals surface area contributed by atoms with E-state index in [0.717, 1.165) is 16.9 Å². The molecule has 0 aliphatic carbocycles. The molecule has 0 aromatic heterocycles. The molecule has 1 aliphatic rings. The van der Waals surface area contributed by atoms with Crippen LogP contribution in [0.2, 0.25) is 0 Å². The van der Waals surface area contributed by atoms with Gasteiger partial charge in [-0.05, 0) is 17.7 Å². The number of amides is 1. The van der Waals surface area contributed by atoms with E-state index in [1.165, 1.54) is 11.8 Å². The summed E-state index contributed by atoms with van der Waals surface area (Å²) in [6.45, 7) is 0.495. The van der Waals surface area contributed by atoms with E-state index in [2.05, 4.69) is 0 Å². The fourth-order valence-corrected chi connectivity index (χ4v) is 3.58. The van der Waals surface area contributed by atoms with E-state index in [1.807, 2.05) is 60.7 Å². The van der Waals surface area contributed by atoms with Crippen LogP contribution in [0.1, 0.15) is 11.1 Å². The first-order valence-corrected chi connectivity index (χ1v) is 8.34. The number of benzene rings is 2. The molecule has 0 spiro atoms. The maximum absolute atomic E-state index is 12.6. The van der Waals surface area contributed by atoms with E-state index in [0.29, 0.717) is 15.8 Å². The molecule has 1 aliphatic heterocycles. The first-order chi connectivity index (χ1) is 11.2. The van der Waals surface area contributed by atoms with Gasteiger partial charge in [-0.25, -0.2) is 0 Å². The Labute approximate surface area is 144 Å². The summed E-state index contributed by atoms with van der Waals surface area (Å²) in [5.74, 6) is 0.676. The Hall–Kier alpha value is -2.11. The Bertz CT molecular complexity index is 772. The van der Waals surface area contributed by atoms with Crippen LogP contribution in [0.15, 0.2) is 59.5 Å². The van der Waals surface area contributed by atoms with Crippen LogP contribution in [0.5, 0.6) is 5.75 Å². The van der Waals surface area contributed by atoms with Gasteiger partial charge in [0.25, 0.3) is 5.91 Å². The van der Waals surface area contributed by atoms with E-state index in [1.54, 1.807) is 12.0 Å². The van der Waals surface area contributed by atoms with Crippen LogP contribution in [0, 0.1) is 0 Å². The highest BCUT2D eigenvalue weighted by Crippen LogP contribution is 2.35. The van der Waals surface area contributed by atoms with Gasteiger partial charge in [0, 0.05) is 5.56 Å². The monoisotopic (exact) mass is 341 g/mol. The molecular formula is C18H15NO2S2. The topological polar surface area (TPSA) is 29.5 Å². The number of thiocarbonyl (C=S) groups is 1. The molecule has 2 aromatic carbocycles. The van der Waals surface area contributed by atoms with Gasteiger partial charge in [-0.15, -0.1) is 0 Å². The van der Waals surface area contributed by atoms with Gasteiger partial charge in [-0.2, -0.15) is 0 Å². The molecule has 0 saturated carbocycles. The van der Waals surface area contributed by atoms with Crippen LogP contribution in [0.4, 0.5) is 0 Å². The first kappa shape index (κ1) is 15.8. The largest absolute Gasteiger partial charge is 0.496 e. The van der Waals surface area contributed by atoms with E-state index in [-0.39, 0.29) is 5.91 Å². The SMILES string of the molecule is COc1ccccc1/C=C1/SC(=S)N(Cc2ccccc2)C1=O. The third kappa shape index (κ3) is 3.46. The lowest BCUT2D eigenvalue weighted by Gasteiger charge is -2.14. The van der Waals surface area contributed by atoms with Gasteiger partial charge in [-0.1, -0.05) is 72.5 Å². The molecule has 0 unspecified atom stereocenters. The molecule has 116 valence electrons. The minimum Gasteiger partial charge on any atom is -0.496 e. The molecule has 3 rings (SSSR count). The summed E-state index contributed by atoms with van der Waals surface area (Å²) in [6.07, 6.45) is 1.84. The van der Waals surface area contributed by atoms with Gasteiger partial charge in [0.2, 0.25) is 0 Å². The van der Waals surface area contributed by atoms with Crippen LogP contribution < -0.4 is 4.74 Å². The van der Waals surface area contributed by atoms with E-state index in [4.69, 9.17) is 17.0 Å². The summed E-state index contributed by atoms with van der Waals surface area (Å²) in [5, 5.41) is 0. The molecule has 1 fully saturated rings. The van der Waals surface area contributed by atoms with Crippen LogP contribution in [-0.2, 0) is 11.3 Å². The van der Waals surface area contributed by atoms with Crippen molar-refractivity contribution in [1.82, 2.24) is 4.90 Å². The number of para-hydroxylation sites is 1. The van der Waals surface area contributed by atoms with Crippen LogP contribution in [-0.4, -0.2) is 22.2 Å². The molecule has 0 atom stereocenters. The predicted octanol–water partition coefficient (Wildman–Crippen LogP) is 4.10. The lowest BCUT2D eigenvalue weighted by atomic mass is 10.2. The average molecular weight is 341 g/mol. The van der Waals surface area contributed by atoms with Crippen molar-refractivity contribution < 1.29 is 9.53 Å². The summed E-state index contributed by atoms with van der Waals surface area (Å²) in [5.41, 5.74) is 1.93. The number of thioether (sulfide) groups is 1. The first-order valence-electron chi connectivity index (χ1n) is 7.11. The zero-order valence-corrected chi connectivity index (χ0v) is 14.2. The average Bonchev–Trinajstić information content (AvgIpc) is 2.84. The van der Waals surface area contributed by atoms with Gasteiger partial charge in [-0.3, -0.25) is 9.69 Å². The maximum Gasteiger partial charge on any atom is 0.266 e. The number of methoxy groups -OCH3 is 1. The van der Waals surface area contributed by atoms with Crippen LogP contribution in [0.25, 0.3) is 6.08 Å². The number of nitrogens with zero attached hydrogens (tertiary/aromatic N) is 1. The molecular weight excluding hydrogens is 326 g/mol. The molecule has 0 N–H and O–H groups in total. The highest BCUT2D eigenvalue weighted by Gasteiger charge is 2.32. The van der Waals surface area contributed by atoms with Gasteiger partial charge < -0.3 is 4.74 Å². The predicted molar refractivity (Wildman–Crippen MR) is 98.2 cm³/mol. The van der Waals surface area contributed by atoms with Crippen LogP contribution >= 0.6 is 24.0 Å². The van der Waals surface area contributed by atoms with Crippen molar-refractivity contribution in [2.75, 3.05) is 7.11 Å². The van der Waals surface area contributed by atoms with E-state index >= 15 is 0 Å². The van der Waals surface area contributed by atoms with Crippen LogP contribution in [0.3, 0.4) is 0 Å². The quantitative estimate of drug-likeness (QED) is 0.619. The van der Waals surface area contributed by atoms with Crippen molar-refractivity contribution in [1.29, 1.82) is 0 Å². The smallest absolute Gasteiger partial charge is 0.266 e. The Morgan fingerprint density at radius 1 is 1.13 bits per heavy atom. The van der Waals surface area contributed by atoms with Crippen molar-refractivity contribution in [3.05, 3.63) is 70.6 Å². The van der Waals surface area contributed by atoms with Crippen molar-refractivity contribution in [3.63, 3.8) is 0 Å². The molecule has 0 radical (unpaired) electrons. The summed E-state index contributed by atoms with van der Waals surface area (Å²) in [4.78, 5) is 14.9. The highest BCUT2D eigenvalue weighted by molar-refractivity contribution is 8.26. The third-order valence-electron chi connectivity index (χ3n) is 3.48. The zero-order chi connectivity index (χ0) is 16.2. The molecule has 1 amide bonds. The molecule has 0 bridgehead atoms. The Kier molecular flexibility index (Phi) is 4.79. The standard InChI is InChI=1S/C18H15NO2S2/c1-21-15-10-6-5-9-14(15)11-16-17(20)19(18(22)23-16)12-13-7-3-2-4-8-13/h2-11H,12H2,1H3/b16-11+. The zero-order valence-electron chi connectivity index (χ0n) is 12.6. The third-order valence-corrected chi connectivity index (χ3v) is 4.86. The summed E-state index contributed by atoms with van der Waals surface area (Å²) in [6, 6.07) is 17.4. The fourth-order valence-electron chi connectivity index (χ4n) is 2.33. The normalized spacial score (nSPS) is 16.2. The molecule has 5 heteroatoms. The highest BCUT2D eigenvalue weighted by atomic mass is 32.2. The van der Waals surface area contributed by atoms with Gasteiger partial charge in [0.1, 0.15) is 10.1 Å². The second-order valence-electron chi connectivity index (χ2n) is 5.00. The Morgan fingerprint density at radius 3 is 2.57 bits per heavy atom. The number of carbonyl (C=O) groups excluding carboxylic acids is 1. The minimum atomic E-state index is -0.0604. The summed E-state index contributed by atoms with van der Waals surface area (Å²) < 4.78 is 5.91. The second kappa shape index (κ2) is 6.98. The number of rotatable bonds is 4. The number of hydrogen-bond donors (Lipinski definition) is 0. The fraction of sp³-hybridized carbons (Fsp3) is 0.111. The summed E-state index contributed by atoms with van der Waals surface area (Å²) >= 11 is 6.70. The lowest BCUT2D eigenvalue weighted by molar-refractivity contribution is -0.122. The Balaban J connectivity index is 1.85. The van der Waals surface area contributed by atoms with Crippen molar-refractivity contribution in [2.45, 2.75) is 6.54 Å². The molecule has 1 saturated heterocycles. The molecule has 23 heavy (non-hydrogen) atoms. The Morgan fingerprint density at radius 2 is 1.83 bits per heavy atom. The number of ether oxygens (including phenoxy) is 1. The summed E-state index contributed by atoms with van der Waals surface area (Å²) in [7, 11) is 1.62.